The van der Waals surface area contributed by atoms with Gasteiger partial charge >= 0.3 is 0 Å². The van der Waals surface area contributed by atoms with Gasteiger partial charge in [-0.05, 0) is 53.2 Å². The lowest BCUT2D eigenvalue weighted by Gasteiger charge is -2.11. The second-order valence-electron chi connectivity index (χ2n) is 2.92. The van der Waals surface area contributed by atoms with Crippen molar-refractivity contribution < 1.29 is 4.42 Å². The van der Waals surface area contributed by atoms with E-state index in [0.717, 1.165) is 5.76 Å². The number of nitrogens with one attached hydrogen (secondary N) is 1. The summed E-state index contributed by atoms with van der Waals surface area (Å²) in [5.74, 6) is 0.843. The van der Waals surface area contributed by atoms with Gasteiger partial charge in [0.2, 0.25) is 0 Å². The van der Waals surface area contributed by atoms with Gasteiger partial charge in [-0.1, -0.05) is 0 Å². The summed E-state index contributed by atoms with van der Waals surface area (Å²) in [5, 5.41) is 7.76. The van der Waals surface area contributed by atoms with Gasteiger partial charge in [-0.15, -0.1) is 0 Å². The molecule has 0 bridgehead atoms. The molecule has 14 heavy (non-hydrogen) atoms. The van der Waals surface area contributed by atoms with E-state index in [1.165, 1.54) is 5.56 Å². The van der Waals surface area contributed by atoms with E-state index < -0.39 is 0 Å². The molecule has 2 heterocycles. The second kappa shape index (κ2) is 4.17. The van der Waals surface area contributed by atoms with Crippen LogP contribution in [-0.2, 0) is 0 Å². The second-order valence-corrected chi connectivity index (χ2v) is 4.07. The van der Waals surface area contributed by atoms with E-state index in [-0.39, 0.29) is 6.04 Å². The van der Waals surface area contributed by atoms with E-state index in [0.29, 0.717) is 5.22 Å². The van der Waals surface area contributed by atoms with Gasteiger partial charge in [-0.3, -0.25) is 0 Å². The highest BCUT2D eigenvalue weighted by molar-refractivity contribution is 7.08. The molecule has 2 aromatic rings. The third-order valence-corrected chi connectivity index (χ3v) is 2.95. The van der Waals surface area contributed by atoms with Crippen LogP contribution in [0.2, 0.25) is 5.22 Å². The van der Waals surface area contributed by atoms with Crippen molar-refractivity contribution in [3.8, 4) is 0 Å². The molecule has 2 aromatic heterocycles. The molecule has 4 heteroatoms. The van der Waals surface area contributed by atoms with Crippen LogP contribution in [0.4, 0.5) is 0 Å². The molecule has 0 aliphatic carbocycles. The Hall–Kier alpha value is -0.770. The minimum Gasteiger partial charge on any atom is -0.448 e. The van der Waals surface area contributed by atoms with Crippen LogP contribution in [0.3, 0.4) is 0 Å². The Morgan fingerprint density at radius 3 is 2.79 bits per heavy atom. The van der Waals surface area contributed by atoms with Gasteiger partial charge < -0.3 is 9.73 Å². The number of furan rings is 1. The number of rotatable bonds is 3. The Balaban J connectivity index is 2.31. The smallest absolute Gasteiger partial charge is 0.193 e. The van der Waals surface area contributed by atoms with Crippen LogP contribution in [0.1, 0.15) is 17.4 Å². The van der Waals surface area contributed by atoms with E-state index in [1.54, 1.807) is 17.4 Å². The maximum atomic E-state index is 5.73. The highest BCUT2D eigenvalue weighted by Gasteiger charge is 2.15. The molecule has 0 spiro atoms. The van der Waals surface area contributed by atoms with Crippen LogP contribution < -0.4 is 5.32 Å². The first-order valence-electron chi connectivity index (χ1n) is 4.26. The molecule has 0 fully saturated rings. The van der Waals surface area contributed by atoms with Crippen LogP contribution in [0, 0.1) is 0 Å². The maximum absolute atomic E-state index is 5.73. The maximum Gasteiger partial charge on any atom is 0.193 e. The van der Waals surface area contributed by atoms with Crippen LogP contribution in [0.25, 0.3) is 0 Å². The van der Waals surface area contributed by atoms with Crippen LogP contribution >= 0.6 is 22.9 Å². The van der Waals surface area contributed by atoms with Crippen molar-refractivity contribution in [2.75, 3.05) is 7.05 Å². The van der Waals surface area contributed by atoms with Crippen molar-refractivity contribution in [2.24, 2.45) is 0 Å². The quantitative estimate of drug-likeness (QED) is 0.871. The Labute approximate surface area is 91.5 Å². The molecule has 0 aliphatic heterocycles. The van der Waals surface area contributed by atoms with Gasteiger partial charge in [0.15, 0.2) is 5.22 Å². The van der Waals surface area contributed by atoms with Crippen LogP contribution in [0.5, 0.6) is 0 Å². The third-order valence-electron chi connectivity index (χ3n) is 2.04. The molecule has 1 N–H and O–H groups in total. The van der Waals surface area contributed by atoms with Crippen molar-refractivity contribution in [3.63, 3.8) is 0 Å². The first-order chi connectivity index (χ1) is 6.81. The van der Waals surface area contributed by atoms with Crippen LogP contribution in [0.15, 0.2) is 33.4 Å². The summed E-state index contributed by atoms with van der Waals surface area (Å²) in [4.78, 5) is 0. The largest absolute Gasteiger partial charge is 0.448 e. The molecule has 0 aromatic carbocycles. The monoisotopic (exact) mass is 227 g/mol. The zero-order valence-electron chi connectivity index (χ0n) is 7.66. The normalized spacial score (nSPS) is 13.0. The summed E-state index contributed by atoms with van der Waals surface area (Å²) < 4.78 is 5.37. The average molecular weight is 228 g/mol. The minimum absolute atomic E-state index is 0.0914. The summed E-state index contributed by atoms with van der Waals surface area (Å²) in [7, 11) is 1.90. The third kappa shape index (κ3) is 1.85. The number of thiophene rings is 1. The molecule has 0 saturated carbocycles. The van der Waals surface area contributed by atoms with Gasteiger partial charge in [0, 0.05) is 0 Å². The predicted molar refractivity (Wildman–Crippen MR) is 58.9 cm³/mol. The van der Waals surface area contributed by atoms with E-state index in [1.807, 2.05) is 18.5 Å². The minimum atomic E-state index is 0.0914. The van der Waals surface area contributed by atoms with Crippen molar-refractivity contribution in [1.29, 1.82) is 0 Å². The van der Waals surface area contributed by atoms with Gasteiger partial charge in [0.25, 0.3) is 0 Å². The Morgan fingerprint density at radius 2 is 2.29 bits per heavy atom. The first-order valence-corrected chi connectivity index (χ1v) is 5.58. The van der Waals surface area contributed by atoms with Gasteiger partial charge in [-0.25, -0.2) is 0 Å². The van der Waals surface area contributed by atoms with E-state index in [9.17, 15) is 0 Å². The molecule has 0 amide bonds. The average Bonchev–Trinajstić information content (AvgIpc) is 2.79. The molecule has 0 saturated heterocycles. The number of halogens is 1. The lowest BCUT2D eigenvalue weighted by Crippen LogP contribution is -2.16. The summed E-state index contributed by atoms with van der Waals surface area (Å²) in [5.41, 5.74) is 1.20. The van der Waals surface area contributed by atoms with E-state index in [2.05, 4.69) is 16.8 Å². The SMILES string of the molecule is CNC(c1ccsc1)c1ccc(Cl)o1. The summed E-state index contributed by atoms with van der Waals surface area (Å²) in [6.45, 7) is 0. The number of hydrogen-bond acceptors (Lipinski definition) is 3. The fourth-order valence-electron chi connectivity index (χ4n) is 1.40. The Morgan fingerprint density at radius 1 is 1.43 bits per heavy atom. The lowest BCUT2D eigenvalue weighted by atomic mass is 10.1. The van der Waals surface area contributed by atoms with E-state index in [4.69, 9.17) is 16.0 Å². The summed E-state index contributed by atoms with van der Waals surface area (Å²) in [6, 6.07) is 5.81. The number of hydrogen-bond donors (Lipinski definition) is 1. The Bertz CT molecular complexity index is 396. The van der Waals surface area contributed by atoms with Crippen molar-refractivity contribution in [2.45, 2.75) is 6.04 Å². The molecule has 0 radical (unpaired) electrons. The van der Waals surface area contributed by atoms with E-state index >= 15 is 0 Å². The molecule has 74 valence electrons. The predicted octanol–water partition coefficient (Wildman–Crippen LogP) is 3.30. The van der Waals surface area contributed by atoms with Crippen molar-refractivity contribution >= 4 is 22.9 Å². The fraction of sp³-hybridized carbons (Fsp3) is 0.200. The zero-order valence-corrected chi connectivity index (χ0v) is 9.23. The topological polar surface area (TPSA) is 25.2 Å². The van der Waals surface area contributed by atoms with Crippen molar-refractivity contribution in [3.05, 3.63) is 45.5 Å². The molecular formula is C10H10ClNOS. The molecule has 2 nitrogen and oxygen atoms in total. The summed E-state index contributed by atoms with van der Waals surface area (Å²) in [6.07, 6.45) is 0. The zero-order chi connectivity index (χ0) is 9.97. The van der Waals surface area contributed by atoms with Crippen LogP contribution in [-0.4, -0.2) is 7.05 Å². The molecule has 0 aliphatic rings. The van der Waals surface area contributed by atoms with Gasteiger partial charge in [-0.2, -0.15) is 11.3 Å². The van der Waals surface area contributed by atoms with Gasteiger partial charge in [0.1, 0.15) is 5.76 Å². The Kier molecular flexibility index (Phi) is 2.91. The fourth-order valence-corrected chi connectivity index (χ4v) is 2.23. The first kappa shape index (κ1) is 9.77. The van der Waals surface area contributed by atoms with Gasteiger partial charge in [0.05, 0.1) is 6.04 Å². The molecular weight excluding hydrogens is 218 g/mol. The highest BCUT2D eigenvalue weighted by atomic mass is 35.5. The summed E-state index contributed by atoms with van der Waals surface area (Å²) >= 11 is 7.40. The molecule has 1 unspecified atom stereocenters. The van der Waals surface area contributed by atoms with Crippen molar-refractivity contribution in [1.82, 2.24) is 5.32 Å². The highest BCUT2D eigenvalue weighted by Crippen LogP contribution is 2.26. The molecule has 2 rings (SSSR count). The standard InChI is InChI=1S/C10H10ClNOS/c1-12-10(7-4-5-14-6-7)8-2-3-9(11)13-8/h2-6,10,12H,1H3. The molecule has 1 atom stereocenters. The lowest BCUT2D eigenvalue weighted by molar-refractivity contribution is 0.465.